The van der Waals surface area contributed by atoms with Crippen molar-refractivity contribution in [2.75, 3.05) is 14.2 Å². The van der Waals surface area contributed by atoms with E-state index in [0.29, 0.717) is 22.9 Å². The average molecular weight is 306 g/mol. The van der Waals surface area contributed by atoms with Crippen molar-refractivity contribution in [1.82, 2.24) is 0 Å². The summed E-state index contributed by atoms with van der Waals surface area (Å²) in [6, 6.07) is 10.4. The molecule has 4 nitrogen and oxygen atoms in total. The summed E-state index contributed by atoms with van der Waals surface area (Å²) in [6.45, 7) is 0.430. The number of benzene rings is 2. The van der Waals surface area contributed by atoms with Crippen molar-refractivity contribution < 1.29 is 14.6 Å². The zero-order valence-electron chi connectivity index (χ0n) is 11.8. The average Bonchev–Trinajstić information content (AvgIpc) is 2.50. The van der Waals surface area contributed by atoms with Gasteiger partial charge in [-0.1, -0.05) is 11.6 Å². The maximum Gasteiger partial charge on any atom is 0.127 e. The van der Waals surface area contributed by atoms with Gasteiger partial charge in [0.2, 0.25) is 0 Å². The van der Waals surface area contributed by atoms with Crippen LogP contribution in [0.5, 0.6) is 17.2 Å². The summed E-state index contributed by atoms with van der Waals surface area (Å²) in [7, 11) is 3.21. The van der Waals surface area contributed by atoms with Crippen LogP contribution >= 0.6 is 11.6 Å². The predicted molar refractivity (Wildman–Crippen MR) is 84.0 cm³/mol. The van der Waals surface area contributed by atoms with Gasteiger partial charge in [-0.3, -0.25) is 4.99 Å². The van der Waals surface area contributed by atoms with Gasteiger partial charge in [-0.15, -0.1) is 0 Å². The van der Waals surface area contributed by atoms with Crippen LogP contribution in [0.25, 0.3) is 0 Å². The Labute approximate surface area is 128 Å². The number of nitrogens with zero attached hydrogens (tertiary/aromatic N) is 1. The van der Waals surface area contributed by atoms with Crippen molar-refractivity contribution in [3.05, 3.63) is 52.5 Å². The largest absolute Gasteiger partial charge is 0.507 e. The zero-order valence-corrected chi connectivity index (χ0v) is 12.6. The summed E-state index contributed by atoms with van der Waals surface area (Å²) < 4.78 is 10.5. The van der Waals surface area contributed by atoms with E-state index in [9.17, 15) is 5.11 Å². The second-order valence-corrected chi connectivity index (χ2v) is 4.79. The van der Waals surface area contributed by atoms with Crippen LogP contribution in [-0.4, -0.2) is 25.5 Å². The number of ether oxygens (including phenoxy) is 2. The van der Waals surface area contributed by atoms with Crippen LogP contribution in [0.1, 0.15) is 11.1 Å². The minimum atomic E-state index is 0.143. The van der Waals surface area contributed by atoms with Crippen LogP contribution in [0.2, 0.25) is 5.02 Å². The topological polar surface area (TPSA) is 51.0 Å². The minimum Gasteiger partial charge on any atom is -0.507 e. The maximum atomic E-state index is 9.71. The molecule has 0 unspecified atom stereocenters. The van der Waals surface area contributed by atoms with Crippen LogP contribution in [-0.2, 0) is 6.54 Å². The number of halogens is 1. The normalized spacial score (nSPS) is 10.8. The van der Waals surface area contributed by atoms with Crippen LogP contribution in [0.15, 0.2) is 41.4 Å². The summed E-state index contributed by atoms with van der Waals surface area (Å²) in [6.07, 6.45) is 1.59. The Balaban J connectivity index is 2.15. The number of phenolic OH excluding ortho intramolecular Hbond substituents is 1. The molecular weight excluding hydrogens is 290 g/mol. The van der Waals surface area contributed by atoms with Gasteiger partial charge in [0.25, 0.3) is 0 Å². The second kappa shape index (κ2) is 6.99. The van der Waals surface area contributed by atoms with Gasteiger partial charge in [0.1, 0.15) is 17.2 Å². The zero-order chi connectivity index (χ0) is 15.2. The van der Waals surface area contributed by atoms with Gasteiger partial charge in [-0.2, -0.15) is 0 Å². The van der Waals surface area contributed by atoms with E-state index in [1.54, 1.807) is 32.6 Å². The Morgan fingerprint density at radius 2 is 1.95 bits per heavy atom. The monoisotopic (exact) mass is 305 g/mol. The van der Waals surface area contributed by atoms with Crippen LogP contribution in [0.4, 0.5) is 0 Å². The molecule has 2 aromatic carbocycles. The highest BCUT2D eigenvalue weighted by atomic mass is 35.5. The molecule has 0 saturated carbocycles. The van der Waals surface area contributed by atoms with Gasteiger partial charge in [0.05, 0.1) is 20.8 Å². The summed E-state index contributed by atoms with van der Waals surface area (Å²) in [5.74, 6) is 1.58. The van der Waals surface area contributed by atoms with Crippen molar-refractivity contribution in [2.45, 2.75) is 6.54 Å². The van der Waals surface area contributed by atoms with Crippen LogP contribution < -0.4 is 9.47 Å². The van der Waals surface area contributed by atoms with E-state index in [0.717, 1.165) is 11.3 Å². The van der Waals surface area contributed by atoms with E-state index in [1.165, 1.54) is 6.07 Å². The molecule has 0 bridgehead atoms. The van der Waals surface area contributed by atoms with Gasteiger partial charge in [-0.25, -0.2) is 0 Å². The molecule has 0 fully saturated rings. The lowest BCUT2D eigenvalue weighted by Gasteiger charge is -2.08. The fourth-order valence-corrected chi connectivity index (χ4v) is 2.03. The Kier molecular flexibility index (Phi) is 5.06. The first kappa shape index (κ1) is 15.2. The molecule has 0 saturated heterocycles. The molecule has 0 spiro atoms. The van der Waals surface area contributed by atoms with Gasteiger partial charge in [0.15, 0.2) is 0 Å². The van der Waals surface area contributed by atoms with E-state index in [4.69, 9.17) is 21.1 Å². The number of phenols is 1. The number of hydrogen-bond acceptors (Lipinski definition) is 4. The summed E-state index contributed by atoms with van der Waals surface area (Å²) in [5, 5.41) is 10.3. The SMILES string of the molecule is COc1ccc(CN=Cc2cc(Cl)ccc2O)c(OC)c1. The summed E-state index contributed by atoms with van der Waals surface area (Å²) in [5.41, 5.74) is 1.51. The molecule has 0 atom stereocenters. The van der Waals surface area contributed by atoms with E-state index in [-0.39, 0.29) is 5.75 Å². The molecule has 0 aliphatic carbocycles. The molecule has 0 amide bonds. The molecule has 1 N–H and O–H groups in total. The first-order chi connectivity index (χ1) is 10.1. The lowest BCUT2D eigenvalue weighted by molar-refractivity contribution is 0.391. The number of aromatic hydroxyl groups is 1. The van der Waals surface area contributed by atoms with E-state index >= 15 is 0 Å². The van der Waals surface area contributed by atoms with Crippen molar-refractivity contribution in [3.63, 3.8) is 0 Å². The number of aliphatic imine (C=N–C) groups is 1. The first-order valence-electron chi connectivity index (χ1n) is 6.33. The summed E-state index contributed by atoms with van der Waals surface area (Å²) in [4.78, 5) is 4.31. The van der Waals surface area contributed by atoms with E-state index in [2.05, 4.69) is 4.99 Å². The molecule has 2 rings (SSSR count). The second-order valence-electron chi connectivity index (χ2n) is 4.35. The van der Waals surface area contributed by atoms with Gasteiger partial charge in [0, 0.05) is 28.4 Å². The molecule has 0 aliphatic heterocycles. The first-order valence-corrected chi connectivity index (χ1v) is 6.71. The molecule has 0 heterocycles. The molecule has 2 aromatic rings. The molecular formula is C16H16ClNO3. The van der Waals surface area contributed by atoms with Crippen molar-refractivity contribution in [1.29, 1.82) is 0 Å². The maximum absolute atomic E-state index is 9.71. The molecule has 0 aromatic heterocycles. The highest BCUT2D eigenvalue weighted by Gasteiger charge is 2.04. The smallest absolute Gasteiger partial charge is 0.127 e. The third-order valence-corrected chi connectivity index (χ3v) is 3.21. The van der Waals surface area contributed by atoms with Gasteiger partial charge < -0.3 is 14.6 Å². The van der Waals surface area contributed by atoms with Crippen LogP contribution in [0, 0.1) is 0 Å². The Morgan fingerprint density at radius 1 is 1.14 bits per heavy atom. The quantitative estimate of drug-likeness (QED) is 0.857. The van der Waals surface area contributed by atoms with Gasteiger partial charge in [-0.05, 0) is 30.3 Å². The third-order valence-electron chi connectivity index (χ3n) is 2.98. The van der Waals surface area contributed by atoms with Crippen LogP contribution in [0.3, 0.4) is 0 Å². The Bertz CT molecular complexity index is 656. The lowest BCUT2D eigenvalue weighted by atomic mass is 10.2. The molecule has 5 heteroatoms. The van der Waals surface area contributed by atoms with Gasteiger partial charge >= 0.3 is 0 Å². The number of rotatable bonds is 5. The lowest BCUT2D eigenvalue weighted by Crippen LogP contribution is -1.93. The Morgan fingerprint density at radius 3 is 2.67 bits per heavy atom. The van der Waals surface area contributed by atoms with Crippen molar-refractivity contribution in [3.8, 4) is 17.2 Å². The molecule has 0 radical (unpaired) electrons. The minimum absolute atomic E-state index is 0.143. The number of hydrogen-bond donors (Lipinski definition) is 1. The highest BCUT2D eigenvalue weighted by molar-refractivity contribution is 6.30. The summed E-state index contributed by atoms with van der Waals surface area (Å²) >= 11 is 5.89. The Hall–Kier alpha value is -2.20. The number of methoxy groups -OCH3 is 2. The molecule has 110 valence electrons. The standard InChI is InChI=1S/C16H16ClNO3/c1-20-14-5-3-11(16(8-14)21-2)9-18-10-12-7-13(17)4-6-15(12)19/h3-8,10,19H,9H2,1-2H3. The fraction of sp³-hybridized carbons (Fsp3) is 0.188. The third kappa shape index (κ3) is 3.89. The fourth-order valence-electron chi connectivity index (χ4n) is 1.85. The van der Waals surface area contributed by atoms with E-state index in [1.807, 2.05) is 18.2 Å². The molecule has 0 aliphatic rings. The predicted octanol–water partition coefficient (Wildman–Crippen LogP) is 3.68. The highest BCUT2D eigenvalue weighted by Crippen LogP contribution is 2.25. The van der Waals surface area contributed by atoms with E-state index < -0.39 is 0 Å². The molecule has 21 heavy (non-hydrogen) atoms. The van der Waals surface area contributed by atoms with Crippen molar-refractivity contribution in [2.24, 2.45) is 4.99 Å². The van der Waals surface area contributed by atoms with Crippen molar-refractivity contribution >= 4 is 17.8 Å².